The predicted octanol–water partition coefficient (Wildman–Crippen LogP) is 0.546. The van der Waals surface area contributed by atoms with E-state index < -0.39 is 0 Å². The standard InChI is InChI=1S/C6H12N2O/c1-4(2)6(9)8-5(3)7/h4H,1-3H3,(H2,7,8,9). The van der Waals surface area contributed by atoms with Crippen molar-refractivity contribution in [1.82, 2.24) is 0 Å². The fourth-order valence-corrected chi connectivity index (χ4v) is 0.303. The first-order valence-electron chi connectivity index (χ1n) is 2.88. The van der Waals surface area contributed by atoms with Gasteiger partial charge < -0.3 is 5.73 Å². The highest BCUT2D eigenvalue weighted by Gasteiger charge is 2.03. The first kappa shape index (κ1) is 8.14. The van der Waals surface area contributed by atoms with Crippen LogP contribution in [-0.4, -0.2) is 11.7 Å². The monoisotopic (exact) mass is 128 g/mol. The summed E-state index contributed by atoms with van der Waals surface area (Å²) in [6, 6.07) is 0. The molecular weight excluding hydrogens is 116 g/mol. The van der Waals surface area contributed by atoms with Crippen LogP contribution in [0.15, 0.2) is 4.99 Å². The molecule has 0 aliphatic heterocycles. The normalized spacial score (nSPS) is 12.2. The molecule has 1 amide bonds. The molecule has 0 saturated heterocycles. The van der Waals surface area contributed by atoms with Crippen molar-refractivity contribution in [3.63, 3.8) is 0 Å². The number of carbonyl (C=O) groups is 1. The number of amides is 1. The zero-order valence-corrected chi connectivity index (χ0v) is 6.01. The van der Waals surface area contributed by atoms with Crippen LogP contribution < -0.4 is 5.73 Å². The maximum Gasteiger partial charge on any atom is 0.249 e. The Morgan fingerprint density at radius 1 is 1.56 bits per heavy atom. The van der Waals surface area contributed by atoms with Gasteiger partial charge in [0.15, 0.2) is 0 Å². The largest absolute Gasteiger partial charge is 0.387 e. The second-order valence-electron chi connectivity index (χ2n) is 2.25. The second-order valence-corrected chi connectivity index (χ2v) is 2.25. The number of nitrogens with two attached hydrogens (primary N) is 1. The lowest BCUT2D eigenvalue weighted by Crippen LogP contribution is -2.12. The van der Waals surface area contributed by atoms with Gasteiger partial charge in [0.25, 0.3) is 0 Å². The molecule has 0 atom stereocenters. The maximum absolute atomic E-state index is 10.7. The van der Waals surface area contributed by atoms with Crippen molar-refractivity contribution < 1.29 is 4.79 Å². The van der Waals surface area contributed by atoms with E-state index in [9.17, 15) is 4.79 Å². The van der Waals surface area contributed by atoms with Gasteiger partial charge in [0, 0.05) is 5.92 Å². The molecular formula is C6H12N2O. The Morgan fingerprint density at radius 2 is 2.00 bits per heavy atom. The van der Waals surface area contributed by atoms with E-state index in [1.54, 1.807) is 20.8 Å². The molecule has 0 aliphatic carbocycles. The Hall–Kier alpha value is -0.860. The molecule has 0 fully saturated rings. The summed E-state index contributed by atoms with van der Waals surface area (Å²) in [4.78, 5) is 14.2. The number of hydrogen-bond donors (Lipinski definition) is 1. The second kappa shape index (κ2) is 3.22. The van der Waals surface area contributed by atoms with Crippen LogP contribution in [0.1, 0.15) is 20.8 Å². The van der Waals surface area contributed by atoms with Gasteiger partial charge in [-0.15, -0.1) is 0 Å². The van der Waals surface area contributed by atoms with E-state index in [2.05, 4.69) is 4.99 Å². The van der Waals surface area contributed by atoms with Crippen molar-refractivity contribution in [2.75, 3.05) is 0 Å². The van der Waals surface area contributed by atoms with Crippen LogP contribution in [-0.2, 0) is 4.79 Å². The zero-order valence-electron chi connectivity index (χ0n) is 6.01. The highest BCUT2D eigenvalue weighted by Crippen LogP contribution is 1.93. The van der Waals surface area contributed by atoms with Gasteiger partial charge in [-0.25, -0.2) is 4.99 Å². The van der Waals surface area contributed by atoms with Crippen LogP contribution in [0.5, 0.6) is 0 Å². The Bertz CT molecular complexity index is 134. The number of nitrogens with zero attached hydrogens (tertiary/aromatic N) is 1. The molecule has 0 aliphatic rings. The van der Waals surface area contributed by atoms with Crippen LogP contribution in [0.25, 0.3) is 0 Å². The van der Waals surface area contributed by atoms with Crippen molar-refractivity contribution in [3.05, 3.63) is 0 Å². The van der Waals surface area contributed by atoms with Gasteiger partial charge in [-0.2, -0.15) is 0 Å². The molecule has 0 radical (unpaired) electrons. The third kappa shape index (κ3) is 3.70. The van der Waals surface area contributed by atoms with Crippen molar-refractivity contribution in [2.24, 2.45) is 16.6 Å². The van der Waals surface area contributed by atoms with Crippen LogP contribution in [0.4, 0.5) is 0 Å². The van der Waals surface area contributed by atoms with Crippen molar-refractivity contribution in [2.45, 2.75) is 20.8 Å². The quantitative estimate of drug-likeness (QED) is 0.414. The van der Waals surface area contributed by atoms with Gasteiger partial charge in [-0.05, 0) is 6.92 Å². The minimum atomic E-state index is -0.157. The molecule has 52 valence electrons. The fraction of sp³-hybridized carbons (Fsp3) is 0.667. The number of amidine groups is 1. The highest BCUT2D eigenvalue weighted by atomic mass is 16.1. The molecule has 0 aromatic heterocycles. The molecule has 0 unspecified atom stereocenters. The van der Waals surface area contributed by atoms with Crippen molar-refractivity contribution in [1.29, 1.82) is 0 Å². The first-order valence-corrected chi connectivity index (χ1v) is 2.88. The van der Waals surface area contributed by atoms with Crippen LogP contribution in [0.2, 0.25) is 0 Å². The predicted molar refractivity (Wildman–Crippen MR) is 37.1 cm³/mol. The van der Waals surface area contributed by atoms with E-state index in [0.29, 0.717) is 5.84 Å². The molecule has 2 N–H and O–H groups in total. The number of carbonyl (C=O) groups excluding carboxylic acids is 1. The summed E-state index contributed by atoms with van der Waals surface area (Å²) in [6.45, 7) is 5.17. The lowest BCUT2D eigenvalue weighted by atomic mass is 10.2. The van der Waals surface area contributed by atoms with E-state index in [4.69, 9.17) is 5.73 Å². The molecule has 3 heteroatoms. The van der Waals surface area contributed by atoms with E-state index in [0.717, 1.165) is 0 Å². The van der Waals surface area contributed by atoms with E-state index in [1.807, 2.05) is 0 Å². The van der Waals surface area contributed by atoms with Gasteiger partial charge >= 0.3 is 0 Å². The Kier molecular flexibility index (Phi) is 2.91. The lowest BCUT2D eigenvalue weighted by molar-refractivity contribution is -0.120. The van der Waals surface area contributed by atoms with Gasteiger partial charge in [-0.3, -0.25) is 4.79 Å². The zero-order chi connectivity index (χ0) is 7.44. The van der Waals surface area contributed by atoms with Crippen molar-refractivity contribution in [3.8, 4) is 0 Å². The van der Waals surface area contributed by atoms with E-state index >= 15 is 0 Å². The average Bonchev–Trinajstić information content (AvgIpc) is 1.63. The summed E-state index contributed by atoms with van der Waals surface area (Å²) < 4.78 is 0. The molecule has 0 aromatic carbocycles. The molecule has 0 aromatic rings. The summed E-state index contributed by atoms with van der Waals surface area (Å²) in [6.07, 6.45) is 0. The third-order valence-electron chi connectivity index (χ3n) is 0.780. The molecule has 0 saturated carbocycles. The smallest absolute Gasteiger partial charge is 0.249 e. The highest BCUT2D eigenvalue weighted by molar-refractivity contribution is 5.92. The SMILES string of the molecule is CC(N)=NC(=O)C(C)C. The van der Waals surface area contributed by atoms with Crippen LogP contribution >= 0.6 is 0 Å². The van der Waals surface area contributed by atoms with Crippen LogP contribution in [0, 0.1) is 5.92 Å². The third-order valence-corrected chi connectivity index (χ3v) is 0.780. The summed E-state index contributed by atoms with van der Waals surface area (Å²) in [7, 11) is 0. The molecule has 0 heterocycles. The average molecular weight is 128 g/mol. The van der Waals surface area contributed by atoms with E-state index in [1.165, 1.54) is 0 Å². The molecule has 3 nitrogen and oxygen atoms in total. The maximum atomic E-state index is 10.7. The summed E-state index contributed by atoms with van der Waals surface area (Å²) in [5.74, 6) is 0.118. The number of rotatable bonds is 1. The summed E-state index contributed by atoms with van der Waals surface area (Å²) in [5, 5.41) is 0. The molecule has 0 rings (SSSR count). The Morgan fingerprint density at radius 3 is 2.11 bits per heavy atom. The Balaban J connectivity index is 3.93. The number of aliphatic imine (C=N–C) groups is 1. The van der Waals surface area contributed by atoms with Crippen molar-refractivity contribution >= 4 is 11.7 Å². The Labute approximate surface area is 55.0 Å². The lowest BCUT2D eigenvalue weighted by Gasteiger charge is -1.95. The topological polar surface area (TPSA) is 55.4 Å². The fourth-order valence-electron chi connectivity index (χ4n) is 0.303. The first-order chi connectivity index (χ1) is 4.04. The van der Waals surface area contributed by atoms with Crippen LogP contribution in [0.3, 0.4) is 0 Å². The minimum Gasteiger partial charge on any atom is -0.387 e. The van der Waals surface area contributed by atoms with E-state index in [-0.39, 0.29) is 11.8 Å². The summed E-state index contributed by atoms with van der Waals surface area (Å²) in [5.41, 5.74) is 5.16. The molecule has 0 spiro atoms. The van der Waals surface area contributed by atoms with Gasteiger partial charge in [0.05, 0.1) is 5.84 Å². The minimum absolute atomic E-state index is 0.0523. The summed E-state index contributed by atoms with van der Waals surface area (Å²) >= 11 is 0. The number of hydrogen-bond acceptors (Lipinski definition) is 1. The van der Waals surface area contributed by atoms with Gasteiger partial charge in [0.2, 0.25) is 5.91 Å². The van der Waals surface area contributed by atoms with Gasteiger partial charge in [0.1, 0.15) is 0 Å². The molecule has 0 bridgehead atoms. The molecule has 9 heavy (non-hydrogen) atoms. The van der Waals surface area contributed by atoms with Gasteiger partial charge in [-0.1, -0.05) is 13.8 Å².